The van der Waals surface area contributed by atoms with Crippen molar-refractivity contribution in [2.24, 2.45) is 23.8 Å². The van der Waals surface area contributed by atoms with E-state index in [9.17, 15) is 13.2 Å². The van der Waals surface area contributed by atoms with Crippen LogP contribution in [0, 0.1) is 30.6 Å². The van der Waals surface area contributed by atoms with Crippen molar-refractivity contribution in [2.45, 2.75) is 59.0 Å². The number of amides is 1. The van der Waals surface area contributed by atoms with Gasteiger partial charge in [0.2, 0.25) is 17.7 Å². The van der Waals surface area contributed by atoms with E-state index in [1.807, 2.05) is 36.9 Å². The number of hydrogen-bond donors (Lipinski definition) is 1. The molecule has 1 saturated carbocycles. The lowest BCUT2D eigenvalue weighted by molar-refractivity contribution is -0.133. The highest BCUT2D eigenvalue weighted by molar-refractivity contribution is 7.92. The number of aryl methyl sites for hydroxylation is 3. The van der Waals surface area contributed by atoms with Crippen molar-refractivity contribution >= 4 is 21.9 Å². The lowest BCUT2D eigenvalue weighted by atomic mass is 10.00. The molecule has 10 nitrogen and oxygen atoms in total. The molecule has 1 N–H and O–H groups in total. The highest BCUT2D eigenvalue weighted by Gasteiger charge is 2.69. The number of aromatic nitrogens is 4. The fourth-order valence-corrected chi connectivity index (χ4v) is 6.71. The molecule has 1 atom stereocenters. The first-order valence-electron chi connectivity index (χ1n) is 13.1. The summed E-state index contributed by atoms with van der Waals surface area (Å²) >= 11 is 0. The molecule has 2 aliphatic rings. The van der Waals surface area contributed by atoms with Crippen LogP contribution in [0.2, 0.25) is 0 Å². The first-order valence-corrected chi connectivity index (χ1v) is 14.6. The summed E-state index contributed by atoms with van der Waals surface area (Å²) in [5.41, 5.74) is 3.35. The summed E-state index contributed by atoms with van der Waals surface area (Å²) in [6, 6.07) is 7.65. The molecule has 1 aromatic carbocycles. The first kappa shape index (κ1) is 27.1. The molecule has 0 bridgehead atoms. The molecule has 39 heavy (non-hydrogen) atoms. The third kappa shape index (κ3) is 4.88. The minimum atomic E-state index is -3.97. The molecule has 1 aliphatic carbocycles. The van der Waals surface area contributed by atoms with Gasteiger partial charge < -0.3 is 9.64 Å². The van der Waals surface area contributed by atoms with Crippen molar-refractivity contribution in [1.29, 1.82) is 0 Å². The van der Waals surface area contributed by atoms with Gasteiger partial charge in [0, 0.05) is 43.8 Å². The van der Waals surface area contributed by atoms with E-state index >= 15 is 0 Å². The Morgan fingerprint density at radius 3 is 2.36 bits per heavy atom. The molecule has 1 unspecified atom stereocenters. The van der Waals surface area contributed by atoms with Crippen LogP contribution < -0.4 is 9.46 Å². The smallest absolute Gasteiger partial charge is 0.267 e. The molecule has 2 fully saturated rings. The quantitative estimate of drug-likeness (QED) is 0.471. The monoisotopic (exact) mass is 552 g/mol. The molecular weight excluding hydrogens is 516 g/mol. The Morgan fingerprint density at radius 1 is 1.10 bits per heavy atom. The molecular formula is C28H36N6O4S. The fraction of sp³-hybridized carbons (Fsp3) is 0.500. The number of likely N-dealkylation sites (tertiary alicyclic amines) is 1. The van der Waals surface area contributed by atoms with E-state index in [1.54, 1.807) is 13.1 Å². The highest BCUT2D eigenvalue weighted by atomic mass is 32.2. The van der Waals surface area contributed by atoms with Crippen LogP contribution in [0.1, 0.15) is 45.2 Å². The van der Waals surface area contributed by atoms with Gasteiger partial charge in [-0.25, -0.2) is 18.1 Å². The number of hydrogen-bond acceptors (Lipinski definition) is 7. The van der Waals surface area contributed by atoms with Crippen molar-refractivity contribution in [3.05, 3.63) is 47.8 Å². The van der Waals surface area contributed by atoms with Crippen LogP contribution in [0.4, 0.5) is 5.95 Å². The number of ether oxygens (including phenoxy) is 1. The van der Waals surface area contributed by atoms with Crippen molar-refractivity contribution in [3.8, 4) is 17.1 Å². The Labute approximate surface area is 229 Å². The molecule has 208 valence electrons. The minimum Gasteiger partial charge on any atom is -0.472 e. The average molecular weight is 553 g/mol. The van der Waals surface area contributed by atoms with Crippen LogP contribution in [0.5, 0.6) is 5.88 Å². The van der Waals surface area contributed by atoms with Gasteiger partial charge in [0.05, 0.1) is 18.4 Å². The van der Waals surface area contributed by atoms with E-state index in [0.29, 0.717) is 25.2 Å². The molecule has 0 radical (unpaired) electrons. The summed E-state index contributed by atoms with van der Waals surface area (Å²) in [7, 11) is -2.32. The second kappa shape index (κ2) is 9.32. The minimum absolute atomic E-state index is 0.00409. The number of anilines is 1. The summed E-state index contributed by atoms with van der Waals surface area (Å²) < 4.78 is 36.2. The Bertz CT molecular complexity index is 1510. The molecule has 5 rings (SSSR count). The maximum Gasteiger partial charge on any atom is 0.267 e. The lowest BCUT2D eigenvalue weighted by Crippen LogP contribution is -2.33. The van der Waals surface area contributed by atoms with Gasteiger partial charge in [-0.05, 0) is 35.8 Å². The van der Waals surface area contributed by atoms with Crippen LogP contribution in [0.25, 0.3) is 11.3 Å². The van der Waals surface area contributed by atoms with Gasteiger partial charge in [0.15, 0.2) is 0 Å². The van der Waals surface area contributed by atoms with Crippen LogP contribution >= 0.6 is 0 Å². The molecule has 3 heterocycles. The number of carbonyl (C=O) groups excluding carboxylic acids is 1. The van der Waals surface area contributed by atoms with E-state index in [4.69, 9.17) is 4.74 Å². The van der Waals surface area contributed by atoms with Gasteiger partial charge >= 0.3 is 0 Å². The van der Waals surface area contributed by atoms with Crippen LogP contribution in [-0.2, 0) is 21.9 Å². The van der Waals surface area contributed by atoms with Crippen molar-refractivity contribution in [1.82, 2.24) is 24.6 Å². The third-order valence-corrected chi connectivity index (χ3v) is 9.95. The predicted octanol–water partition coefficient (Wildman–Crippen LogP) is 3.96. The molecule has 2 aromatic heterocycles. The van der Waals surface area contributed by atoms with Crippen LogP contribution in [-0.4, -0.2) is 58.2 Å². The van der Waals surface area contributed by atoms with Crippen molar-refractivity contribution in [3.63, 3.8) is 0 Å². The second-order valence-electron chi connectivity index (χ2n) is 11.8. The topological polar surface area (TPSA) is 119 Å². The van der Waals surface area contributed by atoms with E-state index in [1.165, 1.54) is 17.1 Å². The maximum atomic E-state index is 13.3. The summed E-state index contributed by atoms with van der Waals surface area (Å²) in [6.45, 7) is 13.6. The van der Waals surface area contributed by atoms with Gasteiger partial charge in [-0.15, -0.1) is 0 Å². The summed E-state index contributed by atoms with van der Waals surface area (Å²) in [5, 5.41) is 3.95. The molecule has 0 spiro atoms. The number of benzene rings is 1. The van der Waals surface area contributed by atoms with Gasteiger partial charge in [-0.1, -0.05) is 45.9 Å². The number of nitrogens with zero attached hydrogens (tertiary/aromatic N) is 5. The zero-order valence-corrected chi connectivity index (χ0v) is 24.3. The Kier molecular flexibility index (Phi) is 6.48. The zero-order valence-electron chi connectivity index (χ0n) is 23.5. The number of carbonyl (C=O) groups is 1. The Hall–Kier alpha value is -3.47. The first-order chi connectivity index (χ1) is 18.2. The van der Waals surface area contributed by atoms with Gasteiger partial charge in [0.25, 0.3) is 10.0 Å². The molecule has 11 heteroatoms. The fourth-order valence-electron chi connectivity index (χ4n) is 5.79. The van der Waals surface area contributed by atoms with Crippen LogP contribution in [0.15, 0.2) is 41.6 Å². The third-order valence-electron chi connectivity index (χ3n) is 8.67. The van der Waals surface area contributed by atoms with E-state index in [2.05, 4.69) is 47.5 Å². The van der Waals surface area contributed by atoms with Crippen molar-refractivity contribution < 1.29 is 17.9 Å². The SMILES string of the molecule is Cc1cccc(C)c1-c1cc(OC2CCN(C(=O)C3C(C)(C)C3(C)C)C2)nc(NS(=O)(=O)c2cnn(C)c2)n1. The second-order valence-corrected chi connectivity index (χ2v) is 13.5. The Balaban J connectivity index is 1.42. The van der Waals surface area contributed by atoms with E-state index in [-0.39, 0.29) is 45.5 Å². The number of sulfonamides is 1. The largest absolute Gasteiger partial charge is 0.472 e. The number of nitrogens with one attached hydrogen (secondary N) is 1. The molecule has 1 aliphatic heterocycles. The average Bonchev–Trinajstić information content (AvgIpc) is 3.29. The lowest BCUT2D eigenvalue weighted by Gasteiger charge is -2.19. The normalized spacial score (nSPS) is 20.2. The summed E-state index contributed by atoms with van der Waals surface area (Å²) in [4.78, 5) is 24.1. The highest BCUT2D eigenvalue weighted by Crippen LogP contribution is 2.68. The number of rotatable bonds is 7. The maximum absolute atomic E-state index is 13.3. The van der Waals surface area contributed by atoms with Gasteiger partial charge in [-0.3, -0.25) is 9.48 Å². The summed E-state index contributed by atoms with van der Waals surface area (Å²) in [6.07, 6.45) is 3.07. The predicted molar refractivity (Wildman–Crippen MR) is 148 cm³/mol. The molecule has 3 aromatic rings. The van der Waals surface area contributed by atoms with E-state index in [0.717, 1.165) is 16.7 Å². The Morgan fingerprint density at radius 2 is 1.77 bits per heavy atom. The summed E-state index contributed by atoms with van der Waals surface area (Å²) in [5.74, 6) is 0.311. The molecule has 1 amide bonds. The standard InChI is InChI=1S/C28H36N6O4S/c1-17-9-8-10-18(2)23(17)21-13-22(31-26(30-21)32-39(36,37)20-14-29-33(7)16-20)38-19-11-12-34(15-19)25(35)24-27(3,4)28(24,5)6/h8-10,13-14,16,19,24H,11-12,15H2,1-7H3,(H,30,31,32). The van der Waals surface area contributed by atoms with Crippen LogP contribution in [0.3, 0.4) is 0 Å². The van der Waals surface area contributed by atoms with Gasteiger partial charge in [-0.2, -0.15) is 10.1 Å². The van der Waals surface area contributed by atoms with Gasteiger partial charge in [0.1, 0.15) is 11.0 Å². The zero-order chi connectivity index (χ0) is 28.3. The van der Waals surface area contributed by atoms with Crippen molar-refractivity contribution in [2.75, 3.05) is 17.8 Å². The van der Waals surface area contributed by atoms with E-state index < -0.39 is 10.0 Å². The molecule has 1 saturated heterocycles.